The highest BCUT2D eigenvalue weighted by Crippen LogP contribution is 2.25. The van der Waals surface area contributed by atoms with E-state index in [9.17, 15) is 9.81 Å². The summed E-state index contributed by atoms with van der Waals surface area (Å²) in [6.07, 6.45) is 1.49. The van der Waals surface area contributed by atoms with Crippen molar-refractivity contribution in [3.05, 3.63) is 40.2 Å². The second kappa shape index (κ2) is 3.52. The number of nitroso groups, excluding NO2 is 2. The predicted octanol–water partition coefficient (Wildman–Crippen LogP) is 3.13. The zero-order chi connectivity index (χ0) is 8.97. The molecule has 0 bridgehead atoms. The molecule has 0 fully saturated rings. The molecule has 0 aromatic heterocycles. The normalized spacial score (nSPS) is 9.00. The highest BCUT2D eigenvalue weighted by atomic mass is 16.3. The Labute approximate surface area is 68.9 Å². The molecule has 0 heterocycles. The zero-order valence-corrected chi connectivity index (χ0v) is 6.23. The third-order valence-corrected chi connectivity index (χ3v) is 1.44. The number of rotatable bonds is 3. The predicted molar refractivity (Wildman–Crippen MR) is 47.4 cm³/mol. The molecular formula is C8H6N2O2. The minimum atomic E-state index is 0.183. The summed E-state index contributed by atoms with van der Waals surface area (Å²) in [6.45, 7) is 3.49. The van der Waals surface area contributed by atoms with Crippen molar-refractivity contribution in [1.82, 2.24) is 0 Å². The fraction of sp³-hybridized carbons (Fsp3) is 0. The van der Waals surface area contributed by atoms with Crippen LogP contribution in [-0.4, -0.2) is 0 Å². The van der Waals surface area contributed by atoms with Gasteiger partial charge in [-0.25, -0.2) is 0 Å². The van der Waals surface area contributed by atoms with E-state index >= 15 is 0 Å². The monoisotopic (exact) mass is 162 g/mol. The maximum atomic E-state index is 10.2. The van der Waals surface area contributed by atoms with E-state index in [4.69, 9.17) is 0 Å². The van der Waals surface area contributed by atoms with Gasteiger partial charge >= 0.3 is 0 Å². The Morgan fingerprint density at radius 3 is 2.50 bits per heavy atom. The van der Waals surface area contributed by atoms with Crippen molar-refractivity contribution in [3.8, 4) is 0 Å². The molecule has 4 nitrogen and oxygen atoms in total. The van der Waals surface area contributed by atoms with Crippen LogP contribution in [0.5, 0.6) is 0 Å². The van der Waals surface area contributed by atoms with E-state index in [2.05, 4.69) is 16.9 Å². The van der Waals surface area contributed by atoms with Gasteiger partial charge in [0.2, 0.25) is 0 Å². The Bertz CT molecular complexity index is 334. The van der Waals surface area contributed by atoms with Crippen molar-refractivity contribution in [1.29, 1.82) is 0 Å². The summed E-state index contributed by atoms with van der Waals surface area (Å²) in [5, 5.41) is 5.40. The molecule has 0 aliphatic heterocycles. The van der Waals surface area contributed by atoms with Crippen LogP contribution in [0.3, 0.4) is 0 Å². The highest BCUT2D eigenvalue weighted by molar-refractivity contribution is 5.66. The molecule has 0 spiro atoms. The Balaban J connectivity index is 3.27. The first kappa shape index (κ1) is 8.26. The molecule has 0 aliphatic rings. The number of hydrogen-bond donors (Lipinski definition) is 0. The van der Waals surface area contributed by atoms with Gasteiger partial charge in [-0.15, -0.1) is 9.81 Å². The molecule has 0 unspecified atom stereocenters. The first-order valence-electron chi connectivity index (χ1n) is 3.25. The molecular weight excluding hydrogens is 156 g/mol. The number of benzene rings is 1. The largest absolute Gasteiger partial charge is 0.145 e. The standard InChI is InChI=1S/C8H6N2O2/c1-2-6-3-4-7(9-11)5-8(6)10-12/h2-5H,1H2. The summed E-state index contributed by atoms with van der Waals surface area (Å²) < 4.78 is 0. The SMILES string of the molecule is C=Cc1ccc(N=O)cc1N=O. The molecule has 12 heavy (non-hydrogen) atoms. The van der Waals surface area contributed by atoms with Gasteiger partial charge in [-0.2, -0.15) is 0 Å². The summed E-state index contributed by atoms with van der Waals surface area (Å²) in [6, 6.07) is 4.39. The lowest BCUT2D eigenvalue weighted by Gasteiger charge is -1.95. The van der Waals surface area contributed by atoms with E-state index < -0.39 is 0 Å². The van der Waals surface area contributed by atoms with Gasteiger partial charge in [0.1, 0.15) is 11.4 Å². The van der Waals surface area contributed by atoms with Crippen molar-refractivity contribution in [2.45, 2.75) is 0 Å². The molecule has 60 valence electrons. The van der Waals surface area contributed by atoms with Gasteiger partial charge in [0.05, 0.1) is 0 Å². The van der Waals surface area contributed by atoms with Gasteiger partial charge in [-0.1, -0.05) is 18.7 Å². The summed E-state index contributed by atoms with van der Waals surface area (Å²) in [4.78, 5) is 20.3. The minimum Gasteiger partial charge on any atom is -0.145 e. The molecule has 1 aromatic rings. The van der Waals surface area contributed by atoms with E-state index in [0.717, 1.165) is 0 Å². The van der Waals surface area contributed by atoms with Crippen LogP contribution in [0.25, 0.3) is 6.08 Å². The quantitative estimate of drug-likeness (QED) is 0.641. The summed E-state index contributed by atoms with van der Waals surface area (Å²) in [5.74, 6) is 0. The van der Waals surface area contributed by atoms with Crippen molar-refractivity contribution < 1.29 is 0 Å². The van der Waals surface area contributed by atoms with Crippen LogP contribution in [-0.2, 0) is 0 Å². The summed E-state index contributed by atoms with van der Waals surface area (Å²) >= 11 is 0. The second-order valence-corrected chi connectivity index (χ2v) is 2.13. The van der Waals surface area contributed by atoms with Crippen LogP contribution in [0.2, 0.25) is 0 Å². The molecule has 0 aliphatic carbocycles. The van der Waals surface area contributed by atoms with Crippen LogP contribution in [0, 0.1) is 9.81 Å². The molecule has 0 radical (unpaired) electrons. The van der Waals surface area contributed by atoms with Crippen molar-refractivity contribution in [2.24, 2.45) is 10.4 Å². The van der Waals surface area contributed by atoms with Crippen LogP contribution in [0.15, 0.2) is 35.1 Å². The van der Waals surface area contributed by atoms with Gasteiger partial charge in [-0.3, -0.25) is 0 Å². The third-order valence-electron chi connectivity index (χ3n) is 1.44. The van der Waals surface area contributed by atoms with E-state index in [1.807, 2.05) is 0 Å². The Kier molecular flexibility index (Phi) is 2.42. The molecule has 1 rings (SSSR count). The van der Waals surface area contributed by atoms with E-state index in [0.29, 0.717) is 5.56 Å². The molecule has 4 heteroatoms. The fourth-order valence-corrected chi connectivity index (χ4v) is 0.841. The number of hydrogen-bond acceptors (Lipinski definition) is 4. The van der Waals surface area contributed by atoms with E-state index in [-0.39, 0.29) is 11.4 Å². The molecule has 0 amide bonds. The Morgan fingerprint density at radius 1 is 1.25 bits per heavy atom. The van der Waals surface area contributed by atoms with Crippen LogP contribution < -0.4 is 0 Å². The average Bonchev–Trinajstić information content (AvgIpc) is 2.16. The molecule has 0 saturated heterocycles. The van der Waals surface area contributed by atoms with Gasteiger partial charge in [0.15, 0.2) is 0 Å². The van der Waals surface area contributed by atoms with Crippen molar-refractivity contribution >= 4 is 17.5 Å². The summed E-state index contributed by atoms with van der Waals surface area (Å²) in [7, 11) is 0. The van der Waals surface area contributed by atoms with Gasteiger partial charge in [0, 0.05) is 5.56 Å². The Morgan fingerprint density at radius 2 is 2.00 bits per heavy atom. The molecule has 0 N–H and O–H groups in total. The van der Waals surface area contributed by atoms with Crippen molar-refractivity contribution in [3.63, 3.8) is 0 Å². The first-order valence-corrected chi connectivity index (χ1v) is 3.25. The lowest BCUT2D eigenvalue weighted by Crippen LogP contribution is -1.72. The minimum absolute atomic E-state index is 0.183. The zero-order valence-electron chi connectivity index (χ0n) is 6.23. The van der Waals surface area contributed by atoms with Gasteiger partial charge < -0.3 is 0 Å². The van der Waals surface area contributed by atoms with E-state index in [1.54, 1.807) is 6.07 Å². The van der Waals surface area contributed by atoms with Crippen LogP contribution >= 0.6 is 0 Å². The highest BCUT2D eigenvalue weighted by Gasteiger charge is 2.00. The Hall–Kier alpha value is -1.84. The molecule has 0 saturated carbocycles. The first-order chi connectivity index (χ1) is 5.81. The smallest absolute Gasteiger partial charge is 0.117 e. The maximum absolute atomic E-state index is 10.2. The lowest BCUT2D eigenvalue weighted by atomic mass is 10.1. The van der Waals surface area contributed by atoms with Crippen LogP contribution in [0.4, 0.5) is 11.4 Å². The lowest BCUT2D eigenvalue weighted by molar-refractivity contribution is 1.43. The number of nitrogens with zero attached hydrogens (tertiary/aromatic N) is 2. The molecule has 1 aromatic carbocycles. The topological polar surface area (TPSA) is 58.9 Å². The summed E-state index contributed by atoms with van der Waals surface area (Å²) in [5.41, 5.74) is 0.967. The van der Waals surface area contributed by atoms with Gasteiger partial charge in [-0.05, 0) is 22.5 Å². The van der Waals surface area contributed by atoms with Crippen molar-refractivity contribution in [2.75, 3.05) is 0 Å². The average molecular weight is 162 g/mol. The van der Waals surface area contributed by atoms with Crippen LogP contribution in [0.1, 0.15) is 5.56 Å². The second-order valence-electron chi connectivity index (χ2n) is 2.13. The fourth-order valence-electron chi connectivity index (χ4n) is 0.841. The van der Waals surface area contributed by atoms with Gasteiger partial charge in [0.25, 0.3) is 0 Å². The maximum Gasteiger partial charge on any atom is 0.117 e. The third kappa shape index (κ3) is 1.42. The van der Waals surface area contributed by atoms with E-state index in [1.165, 1.54) is 18.2 Å². The molecule has 0 atom stereocenters.